The maximum atomic E-state index is 5.38. The molecule has 154 valence electrons. The first-order chi connectivity index (χ1) is 12.7. The molecule has 0 aromatic heterocycles. The van der Waals surface area contributed by atoms with Gasteiger partial charge in [-0.1, -0.05) is 15.9 Å². The van der Waals surface area contributed by atoms with Crippen molar-refractivity contribution in [3.8, 4) is 11.5 Å². The molecular formula is C18H30BrIN4O3. The average Bonchev–Trinajstić information content (AvgIpc) is 2.67. The van der Waals surface area contributed by atoms with Crippen molar-refractivity contribution in [1.82, 2.24) is 15.5 Å². The molecule has 0 aliphatic carbocycles. The molecule has 9 heteroatoms. The number of halogens is 2. The smallest absolute Gasteiger partial charge is 0.191 e. The van der Waals surface area contributed by atoms with Gasteiger partial charge in [0.1, 0.15) is 0 Å². The van der Waals surface area contributed by atoms with Crippen LogP contribution in [0.25, 0.3) is 0 Å². The Morgan fingerprint density at radius 1 is 1.19 bits per heavy atom. The second kappa shape index (κ2) is 13.4. The van der Waals surface area contributed by atoms with Gasteiger partial charge in [0.2, 0.25) is 0 Å². The van der Waals surface area contributed by atoms with Crippen molar-refractivity contribution in [2.45, 2.75) is 13.5 Å². The van der Waals surface area contributed by atoms with Crippen molar-refractivity contribution in [3.05, 3.63) is 22.2 Å². The fraction of sp³-hybridized carbons (Fsp3) is 0.611. The van der Waals surface area contributed by atoms with Gasteiger partial charge < -0.3 is 24.8 Å². The van der Waals surface area contributed by atoms with Crippen molar-refractivity contribution < 1.29 is 14.2 Å². The van der Waals surface area contributed by atoms with Crippen molar-refractivity contribution in [3.63, 3.8) is 0 Å². The van der Waals surface area contributed by atoms with Crippen molar-refractivity contribution >= 4 is 45.9 Å². The van der Waals surface area contributed by atoms with E-state index in [1.165, 1.54) is 0 Å². The number of benzene rings is 1. The summed E-state index contributed by atoms with van der Waals surface area (Å²) >= 11 is 3.58. The first-order valence-corrected chi connectivity index (χ1v) is 9.70. The van der Waals surface area contributed by atoms with E-state index in [2.05, 4.69) is 43.4 Å². The predicted molar refractivity (Wildman–Crippen MR) is 123 cm³/mol. The molecule has 1 saturated heterocycles. The third-order valence-electron chi connectivity index (χ3n) is 4.13. The molecule has 0 spiro atoms. The lowest BCUT2D eigenvalue weighted by Gasteiger charge is -2.26. The molecule has 7 nitrogen and oxygen atoms in total. The molecular weight excluding hydrogens is 527 g/mol. The number of morpholine rings is 1. The first kappa shape index (κ1) is 24.3. The highest BCUT2D eigenvalue weighted by Gasteiger charge is 2.11. The van der Waals surface area contributed by atoms with E-state index in [1.807, 2.05) is 12.1 Å². The molecule has 0 radical (unpaired) electrons. The van der Waals surface area contributed by atoms with Gasteiger partial charge in [-0.3, -0.25) is 4.90 Å². The molecule has 0 amide bonds. The zero-order valence-corrected chi connectivity index (χ0v) is 20.1. The van der Waals surface area contributed by atoms with Crippen LogP contribution in [0.1, 0.15) is 12.5 Å². The SMILES string of the molecule is CCNC(=NCc1cc(OC)c(OC)cc1Br)NCCN1CCOCC1.I. The van der Waals surface area contributed by atoms with Gasteiger partial charge in [0.05, 0.1) is 34.0 Å². The Labute approximate surface area is 187 Å². The van der Waals surface area contributed by atoms with E-state index >= 15 is 0 Å². The van der Waals surface area contributed by atoms with Gasteiger partial charge in [0.25, 0.3) is 0 Å². The zero-order chi connectivity index (χ0) is 18.8. The standard InChI is InChI=1S/C18H29BrN4O3.HI/c1-4-20-18(21-5-6-23-7-9-26-10-8-23)22-13-14-11-16(24-2)17(25-3)12-15(14)19;/h11-12H,4-10,13H2,1-3H3,(H2,20,21,22);1H. The zero-order valence-electron chi connectivity index (χ0n) is 16.2. The highest BCUT2D eigenvalue weighted by atomic mass is 127. The minimum atomic E-state index is 0. The fourth-order valence-corrected chi connectivity index (χ4v) is 3.13. The van der Waals surface area contributed by atoms with Crippen LogP contribution < -0.4 is 20.1 Å². The van der Waals surface area contributed by atoms with Crippen LogP contribution in [0, 0.1) is 0 Å². The lowest BCUT2D eigenvalue weighted by molar-refractivity contribution is 0.0389. The summed E-state index contributed by atoms with van der Waals surface area (Å²) in [5, 5.41) is 6.68. The molecule has 1 aliphatic rings. The molecule has 0 atom stereocenters. The first-order valence-electron chi connectivity index (χ1n) is 8.90. The minimum absolute atomic E-state index is 0. The molecule has 1 aliphatic heterocycles. The summed E-state index contributed by atoms with van der Waals surface area (Å²) in [6, 6.07) is 3.85. The summed E-state index contributed by atoms with van der Waals surface area (Å²) in [7, 11) is 3.26. The van der Waals surface area contributed by atoms with E-state index in [1.54, 1.807) is 14.2 Å². The number of nitrogens with zero attached hydrogens (tertiary/aromatic N) is 2. The molecule has 1 heterocycles. The van der Waals surface area contributed by atoms with E-state index in [0.717, 1.165) is 61.9 Å². The van der Waals surface area contributed by atoms with Crippen molar-refractivity contribution in [2.75, 3.05) is 60.2 Å². The molecule has 1 aromatic carbocycles. The van der Waals surface area contributed by atoms with Crippen LogP contribution in [0.2, 0.25) is 0 Å². The van der Waals surface area contributed by atoms with Crippen LogP contribution in [-0.2, 0) is 11.3 Å². The van der Waals surface area contributed by atoms with Gasteiger partial charge in [-0.25, -0.2) is 4.99 Å². The van der Waals surface area contributed by atoms with Crippen LogP contribution in [-0.4, -0.2) is 71.0 Å². The Morgan fingerprint density at radius 3 is 2.48 bits per heavy atom. The molecule has 1 fully saturated rings. The summed E-state index contributed by atoms with van der Waals surface area (Å²) in [4.78, 5) is 7.08. The third-order valence-corrected chi connectivity index (χ3v) is 4.87. The third kappa shape index (κ3) is 8.00. The summed E-state index contributed by atoms with van der Waals surface area (Å²) in [6.45, 7) is 8.87. The van der Waals surface area contributed by atoms with Gasteiger partial charge in [-0.05, 0) is 24.6 Å². The number of methoxy groups -OCH3 is 2. The minimum Gasteiger partial charge on any atom is -0.493 e. The van der Waals surface area contributed by atoms with Crippen LogP contribution in [0.4, 0.5) is 0 Å². The largest absolute Gasteiger partial charge is 0.493 e. The molecule has 0 bridgehead atoms. The van der Waals surface area contributed by atoms with Gasteiger partial charge in [-0.15, -0.1) is 24.0 Å². The van der Waals surface area contributed by atoms with Crippen LogP contribution in [0.3, 0.4) is 0 Å². The topological polar surface area (TPSA) is 67.4 Å². The summed E-state index contributed by atoms with van der Waals surface area (Å²) in [6.07, 6.45) is 0. The predicted octanol–water partition coefficient (Wildman–Crippen LogP) is 2.47. The van der Waals surface area contributed by atoms with E-state index in [0.29, 0.717) is 18.0 Å². The summed E-state index contributed by atoms with van der Waals surface area (Å²) < 4.78 is 17.0. The van der Waals surface area contributed by atoms with Crippen LogP contribution in [0.15, 0.2) is 21.6 Å². The maximum absolute atomic E-state index is 5.38. The molecule has 27 heavy (non-hydrogen) atoms. The normalized spacial score (nSPS) is 15.0. The number of nitrogens with one attached hydrogen (secondary N) is 2. The van der Waals surface area contributed by atoms with E-state index in [9.17, 15) is 0 Å². The maximum Gasteiger partial charge on any atom is 0.191 e. The number of hydrogen-bond donors (Lipinski definition) is 2. The van der Waals surface area contributed by atoms with Gasteiger partial charge >= 0.3 is 0 Å². The monoisotopic (exact) mass is 556 g/mol. The number of hydrogen-bond acceptors (Lipinski definition) is 5. The Kier molecular flexibility index (Phi) is 12.0. The molecule has 2 N–H and O–H groups in total. The van der Waals surface area contributed by atoms with Gasteiger partial charge in [-0.2, -0.15) is 0 Å². The van der Waals surface area contributed by atoms with Crippen LogP contribution >= 0.6 is 39.9 Å². The number of rotatable bonds is 8. The highest BCUT2D eigenvalue weighted by molar-refractivity contribution is 14.0. The van der Waals surface area contributed by atoms with E-state index in [-0.39, 0.29) is 24.0 Å². The van der Waals surface area contributed by atoms with Gasteiger partial charge in [0.15, 0.2) is 17.5 Å². The number of guanidine groups is 1. The Morgan fingerprint density at radius 2 is 1.85 bits per heavy atom. The second-order valence-electron chi connectivity index (χ2n) is 5.87. The van der Waals surface area contributed by atoms with Crippen molar-refractivity contribution in [1.29, 1.82) is 0 Å². The summed E-state index contributed by atoms with van der Waals surface area (Å²) in [5.41, 5.74) is 1.04. The average molecular weight is 557 g/mol. The Bertz CT molecular complexity index is 598. The fourth-order valence-electron chi connectivity index (χ4n) is 2.68. The van der Waals surface area contributed by atoms with E-state index in [4.69, 9.17) is 14.2 Å². The summed E-state index contributed by atoms with van der Waals surface area (Å²) in [5.74, 6) is 2.20. The number of ether oxygens (including phenoxy) is 3. The lowest BCUT2D eigenvalue weighted by Crippen LogP contribution is -2.44. The molecule has 0 unspecified atom stereocenters. The quantitative estimate of drug-likeness (QED) is 0.291. The van der Waals surface area contributed by atoms with E-state index < -0.39 is 0 Å². The Balaban J connectivity index is 0.00000364. The number of aliphatic imine (C=N–C) groups is 1. The highest BCUT2D eigenvalue weighted by Crippen LogP contribution is 2.33. The van der Waals surface area contributed by atoms with Crippen molar-refractivity contribution in [2.24, 2.45) is 4.99 Å². The van der Waals surface area contributed by atoms with Gasteiger partial charge in [0, 0.05) is 37.2 Å². The molecule has 0 saturated carbocycles. The van der Waals surface area contributed by atoms with Crippen LogP contribution in [0.5, 0.6) is 11.5 Å². The molecule has 2 rings (SSSR count). The molecule has 1 aromatic rings. The lowest BCUT2D eigenvalue weighted by atomic mass is 10.2. The Hall–Kier alpha value is -0.780. The second-order valence-corrected chi connectivity index (χ2v) is 6.73.